The lowest BCUT2D eigenvalue weighted by molar-refractivity contribution is 0.262. The first-order valence-electron chi connectivity index (χ1n) is 8.27. The fourth-order valence-electron chi connectivity index (χ4n) is 3.73. The van der Waals surface area contributed by atoms with E-state index >= 15 is 0 Å². The molecule has 2 aromatic rings. The summed E-state index contributed by atoms with van der Waals surface area (Å²) in [6.45, 7) is 3.25. The van der Waals surface area contributed by atoms with Gasteiger partial charge < -0.3 is 10.3 Å². The molecule has 1 fully saturated rings. The van der Waals surface area contributed by atoms with Gasteiger partial charge in [0.05, 0.1) is 0 Å². The topological polar surface area (TPSA) is 27.8 Å². The van der Waals surface area contributed by atoms with Crippen LogP contribution in [0.5, 0.6) is 0 Å². The number of fused-ring (bicyclic) bond motifs is 1. The third kappa shape index (κ3) is 3.44. The standard InChI is InChI=1S/C18H25ClN2/c1-2-17(13-6-4-3-5-7-13)20-11-14-12-21-18-10-15(19)8-9-16(14)18/h8-10,12-13,17,20-21H,2-7,11H2,1H3. The second-order valence-corrected chi connectivity index (χ2v) is 6.73. The Hall–Kier alpha value is -0.990. The maximum Gasteiger partial charge on any atom is 0.0472 e. The van der Waals surface area contributed by atoms with Crippen molar-refractivity contribution in [3.05, 3.63) is 35.0 Å². The Balaban J connectivity index is 1.67. The summed E-state index contributed by atoms with van der Waals surface area (Å²) in [7, 11) is 0. The molecule has 1 atom stereocenters. The summed E-state index contributed by atoms with van der Waals surface area (Å²) < 4.78 is 0. The van der Waals surface area contributed by atoms with Gasteiger partial charge in [-0.1, -0.05) is 43.9 Å². The quantitative estimate of drug-likeness (QED) is 0.773. The van der Waals surface area contributed by atoms with Gasteiger partial charge >= 0.3 is 0 Å². The molecule has 1 aromatic heterocycles. The molecular formula is C18H25ClN2. The van der Waals surface area contributed by atoms with Crippen LogP contribution >= 0.6 is 11.6 Å². The van der Waals surface area contributed by atoms with Crippen LogP contribution in [0.2, 0.25) is 5.02 Å². The third-order valence-corrected chi connectivity index (χ3v) is 5.18. The number of nitrogens with one attached hydrogen (secondary N) is 2. The highest BCUT2D eigenvalue weighted by Gasteiger charge is 2.21. The second-order valence-electron chi connectivity index (χ2n) is 6.30. The van der Waals surface area contributed by atoms with Gasteiger partial charge in [0.2, 0.25) is 0 Å². The molecule has 1 aromatic carbocycles. The second kappa shape index (κ2) is 6.85. The molecule has 2 nitrogen and oxygen atoms in total. The summed E-state index contributed by atoms with van der Waals surface area (Å²) in [5, 5.41) is 5.87. The summed E-state index contributed by atoms with van der Waals surface area (Å²) in [5.74, 6) is 0.864. The van der Waals surface area contributed by atoms with Crippen molar-refractivity contribution in [3.63, 3.8) is 0 Å². The molecule has 1 saturated carbocycles. The first kappa shape index (κ1) is 14.9. The van der Waals surface area contributed by atoms with Crippen molar-refractivity contribution in [1.29, 1.82) is 0 Å². The lowest BCUT2D eigenvalue weighted by Gasteiger charge is -2.30. The summed E-state index contributed by atoms with van der Waals surface area (Å²) >= 11 is 6.04. The summed E-state index contributed by atoms with van der Waals surface area (Å²) in [6, 6.07) is 6.74. The van der Waals surface area contributed by atoms with Crippen molar-refractivity contribution in [2.75, 3.05) is 0 Å². The van der Waals surface area contributed by atoms with Gasteiger partial charge in [-0.25, -0.2) is 0 Å². The van der Waals surface area contributed by atoms with E-state index in [0.717, 1.165) is 23.0 Å². The summed E-state index contributed by atoms with van der Waals surface area (Å²) in [5.41, 5.74) is 2.47. The van der Waals surface area contributed by atoms with Gasteiger partial charge in [-0.15, -0.1) is 0 Å². The highest BCUT2D eigenvalue weighted by molar-refractivity contribution is 6.31. The highest BCUT2D eigenvalue weighted by Crippen LogP contribution is 2.28. The molecule has 21 heavy (non-hydrogen) atoms. The molecule has 0 saturated heterocycles. The molecule has 0 radical (unpaired) electrons. The molecule has 0 amide bonds. The average molecular weight is 305 g/mol. The molecule has 1 aliphatic carbocycles. The predicted molar refractivity (Wildman–Crippen MR) is 90.8 cm³/mol. The van der Waals surface area contributed by atoms with Crippen LogP contribution in [0.1, 0.15) is 51.0 Å². The molecular weight excluding hydrogens is 280 g/mol. The van der Waals surface area contributed by atoms with Crippen LogP contribution in [-0.4, -0.2) is 11.0 Å². The van der Waals surface area contributed by atoms with Gasteiger partial charge in [-0.2, -0.15) is 0 Å². The lowest BCUT2D eigenvalue weighted by Crippen LogP contribution is -2.36. The fraction of sp³-hybridized carbons (Fsp3) is 0.556. The number of benzene rings is 1. The van der Waals surface area contributed by atoms with Crippen molar-refractivity contribution in [2.24, 2.45) is 5.92 Å². The molecule has 2 N–H and O–H groups in total. The molecule has 1 heterocycles. The number of H-pyrrole nitrogens is 1. The van der Waals surface area contributed by atoms with Crippen molar-refractivity contribution < 1.29 is 0 Å². The first-order valence-corrected chi connectivity index (χ1v) is 8.64. The summed E-state index contributed by atoms with van der Waals surface area (Å²) in [4.78, 5) is 3.33. The minimum atomic E-state index is 0.655. The van der Waals surface area contributed by atoms with Gasteiger partial charge in [0.1, 0.15) is 0 Å². The van der Waals surface area contributed by atoms with Crippen LogP contribution in [0.15, 0.2) is 24.4 Å². The van der Waals surface area contributed by atoms with Crippen LogP contribution < -0.4 is 5.32 Å². The van der Waals surface area contributed by atoms with Crippen LogP contribution in [0.4, 0.5) is 0 Å². The van der Waals surface area contributed by atoms with Crippen LogP contribution in [0, 0.1) is 5.92 Å². The molecule has 0 aliphatic heterocycles. The van der Waals surface area contributed by atoms with Gasteiger partial charge in [0.25, 0.3) is 0 Å². The van der Waals surface area contributed by atoms with E-state index in [1.54, 1.807) is 0 Å². The van der Waals surface area contributed by atoms with E-state index in [1.807, 2.05) is 12.1 Å². The molecule has 1 unspecified atom stereocenters. The van der Waals surface area contributed by atoms with E-state index in [0.29, 0.717) is 6.04 Å². The first-order chi connectivity index (χ1) is 10.3. The van der Waals surface area contributed by atoms with Crippen LogP contribution in [0.3, 0.4) is 0 Å². The SMILES string of the molecule is CCC(NCc1c[nH]c2cc(Cl)ccc12)C1CCCCC1. The summed E-state index contributed by atoms with van der Waals surface area (Å²) in [6.07, 6.45) is 10.4. The monoisotopic (exact) mass is 304 g/mol. The zero-order chi connectivity index (χ0) is 14.7. The molecule has 114 valence electrons. The normalized spacial score (nSPS) is 18.2. The van der Waals surface area contributed by atoms with E-state index in [2.05, 4.69) is 29.5 Å². The van der Waals surface area contributed by atoms with Crippen molar-refractivity contribution in [2.45, 2.75) is 58.0 Å². The number of hydrogen-bond acceptors (Lipinski definition) is 1. The van der Waals surface area contributed by atoms with E-state index in [9.17, 15) is 0 Å². The largest absolute Gasteiger partial charge is 0.361 e. The van der Waals surface area contributed by atoms with Gasteiger partial charge in [0, 0.05) is 34.7 Å². The molecule has 3 rings (SSSR count). The molecule has 3 heteroatoms. The third-order valence-electron chi connectivity index (χ3n) is 4.94. The Morgan fingerprint density at radius 3 is 2.86 bits per heavy atom. The van der Waals surface area contributed by atoms with Crippen molar-refractivity contribution >= 4 is 22.5 Å². The van der Waals surface area contributed by atoms with E-state index in [1.165, 1.54) is 49.5 Å². The Bertz CT molecular complexity index is 584. The maximum absolute atomic E-state index is 6.04. The molecule has 1 aliphatic rings. The molecule has 0 spiro atoms. The zero-order valence-corrected chi connectivity index (χ0v) is 13.5. The highest BCUT2D eigenvalue weighted by atomic mass is 35.5. The van der Waals surface area contributed by atoms with Crippen molar-refractivity contribution in [3.8, 4) is 0 Å². The van der Waals surface area contributed by atoms with Gasteiger partial charge in [-0.3, -0.25) is 0 Å². The Kier molecular flexibility index (Phi) is 4.87. The van der Waals surface area contributed by atoms with Crippen molar-refractivity contribution in [1.82, 2.24) is 10.3 Å². The van der Waals surface area contributed by atoms with Crippen LogP contribution in [-0.2, 0) is 6.54 Å². The Morgan fingerprint density at radius 1 is 1.29 bits per heavy atom. The molecule has 0 bridgehead atoms. The zero-order valence-electron chi connectivity index (χ0n) is 12.8. The maximum atomic E-state index is 6.04. The Morgan fingerprint density at radius 2 is 2.10 bits per heavy atom. The van der Waals surface area contributed by atoms with Gasteiger partial charge in [0.15, 0.2) is 0 Å². The van der Waals surface area contributed by atoms with E-state index < -0.39 is 0 Å². The number of aromatic amines is 1. The smallest absolute Gasteiger partial charge is 0.0472 e. The number of rotatable bonds is 5. The fourth-order valence-corrected chi connectivity index (χ4v) is 3.90. The lowest BCUT2D eigenvalue weighted by atomic mass is 9.83. The number of aromatic nitrogens is 1. The van der Waals surface area contributed by atoms with E-state index in [-0.39, 0.29) is 0 Å². The van der Waals surface area contributed by atoms with Crippen LogP contribution in [0.25, 0.3) is 10.9 Å². The number of halogens is 1. The minimum Gasteiger partial charge on any atom is -0.361 e. The average Bonchev–Trinajstić information content (AvgIpc) is 2.91. The Labute approximate surface area is 132 Å². The predicted octanol–water partition coefficient (Wildman–Crippen LogP) is 5.27. The van der Waals surface area contributed by atoms with E-state index in [4.69, 9.17) is 11.6 Å². The van der Waals surface area contributed by atoms with Gasteiger partial charge in [-0.05, 0) is 42.9 Å². The minimum absolute atomic E-state index is 0.655. The number of hydrogen-bond donors (Lipinski definition) is 2.